The minimum absolute atomic E-state index is 0.0301. The number of carbonyl (C=O) groups excluding carboxylic acids is 1. The fraction of sp³-hybridized carbons (Fsp3) is 0.846. The predicted octanol–water partition coefficient (Wildman–Crippen LogP) is 1.84. The summed E-state index contributed by atoms with van der Waals surface area (Å²) in [5.41, 5.74) is 5.65. The Hall–Kier alpha value is -1.26. The number of rotatable bonds is 5. The minimum atomic E-state index is -0.358. The number of hydrogen-bond donors (Lipinski definition) is 3. The summed E-state index contributed by atoms with van der Waals surface area (Å²) in [7, 11) is 0. The molecular weight excluding hydrogens is 230 g/mol. The quantitative estimate of drug-likeness (QED) is 0.303. The van der Waals surface area contributed by atoms with E-state index in [1.165, 1.54) is 0 Å². The fourth-order valence-electron chi connectivity index (χ4n) is 2.74. The number of nitrogens with zero attached hydrogens (tertiary/aromatic N) is 1. The lowest BCUT2D eigenvalue weighted by molar-refractivity contribution is -0.127. The Balaban J connectivity index is 2.67. The molecule has 0 aromatic heterocycles. The van der Waals surface area contributed by atoms with Gasteiger partial charge in [-0.15, -0.1) is 0 Å². The van der Waals surface area contributed by atoms with Crippen molar-refractivity contribution in [2.75, 3.05) is 0 Å². The average Bonchev–Trinajstić information content (AvgIpc) is 2.67. The van der Waals surface area contributed by atoms with Gasteiger partial charge in [0.25, 0.3) is 0 Å². The lowest BCUT2D eigenvalue weighted by Crippen LogP contribution is -2.48. The first-order chi connectivity index (χ1) is 8.42. The van der Waals surface area contributed by atoms with Gasteiger partial charge in [0.2, 0.25) is 5.91 Å². The van der Waals surface area contributed by atoms with Gasteiger partial charge in [0.05, 0.1) is 6.04 Å². The van der Waals surface area contributed by atoms with Gasteiger partial charge < -0.3 is 16.3 Å². The molecule has 0 aromatic rings. The van der Waals surface area contributed by atoms with E-state index in [0.717, 1.165) is 25.7 Å². The second-order valence-corrected chi connectivity index (χ2v) is 5.81. The molecule has 1 aliphatic rings. The van der Waals surface area contributed by atoms with E-state index >= 15 is 0 Å². The molecule has 0 bridgehead atoms. The van der Waals surface area contributed by atoms with Gasteiger partial charge >= 0.3 is 0 Å². The van der Waals surface area contributed by atoms with Crippen LogP contribution in [0.25, 0.3) is 0 Å². The van der Waals surface area contributed by atoms with Crippen LogP contribution in [0.5, 0.6) is 0 Å². The van der Waals surface area contributed by atoms with Crippen molar-refractivity contribution in [2.24, 2.45) is 22.2 Å². The Morgan fingerprint density at radius 2 is 2.28 bits per heavy atom. The first-order valence-corrected chi connectivity index (χ1v) is 6.70. The van der Waals surface area contributed by atoms with Crippen LogP contribution < -0.4 is 11.1 Å². The van der Waals surface area contributed by atoms with Crippen molar-refractivity contribution in [3.05, 3.63) is 0 Å². The highest BCUT2D eigenvalue weighted by atomic mass is 16.4. The Morgan fingerprint density at radius 1 is 1.61 bits per heavy atom. The van der Waals surface area contributed by atoms with Gasteiger partial charge in [0, 0.05) is 5.92 Å². The molecule has 1 fully saturated rings. The van der Waals surface area contributed by atoms with Gasteiger partial charge in [-0.2, -0.15) is 0 Å². The largest absolute Gasteiger partial charge is 0.409 e. The number of nitrogens with one attached hydrogen (secondary N) is 1. The van der Waals surface area contributed by atoms with Gasteiger partial charge in [0.1, 0.15) is 0 Å². The number of nitrogens with two attached hydrogens (primary N) is 1. The maximum Gasteiger partial charge on any atom is 0.224 e. The minimum Gasteiger partial charge on any atom is -0.409 e. The third kappa shape index (κ3) is 3.37. The topological polar surface area (TPSA) is 87.7 Å². The van der Waals surface area contributed by atoms with Crippen LogP contribution in [0.4, 0.5) is 0 Å². The van der Waals surface area contributed by atoms with E-state index in [0.29, 0.717) is 6.42 Å². The summed E-state index contributed by atoms with van der Waals surface area (Å²) in [6.45, 7) is 6.26. The van der Waals surface area contributed by atoms with Crippen molar-refractivity contribution in [1.29, 1.82) is 0 Å². The van der Waals surface area contributed by atoms with Crippen LogP contribution in [0.2, 0.25) is 0 Å². The molecular formula is C13H25N3O2. The molecule has 0 heterocycles. The summed E-state index contributed by atoms with van der Waals surface area (Å²) in [4.78, 5) is 12.3. The molecule has 0 radical (unpaired) electrons. The molecule has 0 aromatic carbocycles. The molecule has 1 saturated carbocycles. The molecule has 104 valence electrons. The Kier molecular flexibility index (Phi) is 4.99. The zero-order valence-corrected chi connectivity index (χ0v) is 11.6. The van der Waals surface area contributed by atoms with Crippen molar-refractivity contribution >= 4 is 11.7 Å². The number of carbonyl (C=O) groups is 1. The molecule has 1 amide bonds. The predicted molar refractivity (Wildman–Crippen MR) is 71.4 cm³/mol. The van der Waals surface area contributed by atoms with Gasteiger partial charge in [-0.1, -0.05) is 38.8 Å². The lowest BCUT2D eigenvalue weighted by Gasteiger charge is -2.28. The number of oxime groups is 1. The fourth-order valence-corrected chi connectivity index (χ4v) is 2.74. The SMILES string of the molecule is CCCC(NC(=O)C1CCCC1(C)C)C(N)=NO. The van der Waals surface area contributed by atoms with E-state index in [2.05, 4.69) is 24.3 Å². The molecule has 1 rings (SSSR count). The van der Waals surface area contributed by atoms with Gasteiger partial charge in [-0.05, 0) is 24.7 Å². The zero-order valence-electron chi connectivity index (χ0n) is 11.6. The van der Waals surface area contributed by atoms with Crippen molar-refractivity contribution in [1.82, 2.24) is 5.32 Å². The Morgan fingerprint density at radius 3 is 2.72 bits per heavy atom. The van der Waals surface area contributed by atoms with Crippen LogP contribution in [0.1, 0.15) is 52.9 Å². The summed E-state index contributed by atoms with van der Waals surface area (Å²) in [6, 6.07) is -0.358. The van der Waals surface area contributed by atoms with Gasteiger partial charge in [-0.25, -0.2) is 0 Å². The van der Waals surface area contributed by atoms with E-state index in [9.17, 15) is 4.79 Å². The van der Waals surface area contributed by atoms with Crippen molar-refractivity contribution < 1.29 is 10.0 Å². The molecule has 2 atom stereocenters. The summed E-state index contributed by atoms with van der Waals surface area (Å²) < 4.78 is 0. The standard InChI is InChI=1S/C13H25N3O2/c1-4-6-10(11(14)16-18)15-12(17)9-7-5-8-13(9,2)3/h9-10,18H,4-8H2,1-3H3,(H2,14,16)(H,15,17). The molecule has 18 heavy (non-hydrogen) atoms. The van der Waals surface area contributed by atoms with Crippen LogP contribution in [0, 0.1) is 11.3 Å². The summed E-state index contributed by atoms with van der Waals surface area (Å²) >= 11 is 0. The summed E-state index contributed by atoms with van der Waals surface area (Å²) in [6.07, 6.45) is 4.65. The lowest BCUT2D eigenvalue weighted by atomic mass is 9.81. The molecule has 2 unspecified atom stereocenters. The van der Waals surface area contributed by atoms with E-state index in [4.69, 9.17) is 10.9 Å². The Bertz CT molecular complexity index is 326. The van der Waals surface area contributed by atoms with Crippen molar-refractivity contribution in [3.8, 4) is 0 Å². The van der Waals surface area contributed by atoms with Crippen LogP contribution in [-0.2, 0) is 4.79 Å². The summed E-state index contributed by atoms with van der Waals surface area (Å²) in [5.74, 6) is 0.145. The maximum absolute atomic E-state index is 12.3. The molecule has 5 heteroatoms. The van der Waals surface area contributed by atoms with E-state index < -0.39 is 0 Å². The number of amidine groups is 1. The third-order valence-corrected chi connectivity index (χ3v) is 3.94. The van der Waals surface area contributed by atoms with Crippen LogP contribution in [0.15, 0.2) is 5.16 Å². The highest BCUT2D eigenvalue weighted by Gasteiger charge is 2.39. The average molecular weight is 255 g/mol. The van der Waals surface area contributed by atoms with Crippen LogP contribution in [0.3, 0.4) is 0 Å². The maximum atomic E-state index is 12.3. The van der Waals surface area contributed by atoms with Crippen molar-refractivity contribution in [2.45, 2.75) is 58.9 Å². The second-order valence-electron chi connectivity index (χ2n) is 5.81. The molecule has 0 spiro atoms. The van der Waals surface area contributed by atoms with Crippen LogP contribution >= 0.6 is 0 Å². The monoisotopic (exact) mass is 255 g/mol. The number of amides is 1. The first kappa shape index (κ1) is 14.8. The number of hydrogen-bond acceptors (Lipinski definition) is 3. The Labute approximate surface area is 109 Å². The van der Waals surface area contributed by atoms with Crippen LogP contribution in [-0.4, -0.2) is 23.0 Å². The van der Waals surface area contributed by atoms with Gasteiger partial charge in [-0.3, -0.25) is 4.79 Å². The second kappa shape index (κ2) is 6.07. The van der Waals surface area contributed by atoms with Gasteiger partial charge in [0.15, 0.2) is 5.84 Å². The highest BCUT2D eigenvalue weighted by Crippen LogP contribution is 2.42. The summed E-state index contributed by atoms with van der Waals surface area (Å²) in [5, 5.41) is 14.6. The first-order valence-electron chi connectivity index (χ1n) is 6.70. The molecule has 1 aliphatic carbocycles. The molecule has 5 nitrogen and oxygen atoms in total. The third-order valence-electron chi connectivity index (χ3n) is 3.94. The molecule has 0 saturated heterocycles. The van der Waals surface area contributed by atoms with E-state index in [-0.39, 0.29) is 29.1 Å². The normalized spacial score (nSPS) is 24.8. The highest BCUT2D eigenvalue weighted by molar-refractivity contribution is 5.90. The smallest absolute Gasteiger partial charge is 0.224 e. The van der Waals surface area contributed by atoms with Crippen molar-refractivity contribution in [3.63, 3.8) is 0 Å². The van der Waals surface area contributed by atoms with E-state index in [1.54, 1.807) is 0 Å². The molecule has 0 aliphatic heterocycles. The zero-order chi connectivity index (χ0) is 13.8. The molecule has 4 N–H and O–H groups in total. The van der Waals surface area contributed by atoms with E-state index in [1.807, 2.05) is 6.92 Å².